The van der Waals surface area contributed by atoms with E-state index in [4.69, 9.17) is 14.2 Å². The number of amides is 1. The molecule has 5 heteroatoms. The number of nitrogens with one attached hydrogen (secondary N) is 1. The normalized spacial score (nSPS) is 10.3. The second-order valence-electron chi connectivity index (χ2n) is 5.37. The van der Waals surface area contributed by atoms with Crippen molar-refractivity contribution in [3.8, 4) is 11.5 Å². The second-order valence-corrected chi connectivity index (χ2v) is 5.37. The molecule has 0 aliphatic carbocycles. The third-order valence-electron chi connectivity index (χ3n) is 3.61. The summed E-state index contributed by atoms with van der Waals surface area (Å²) >= 11 is 0. The molecule has 0 atom stereocenters. The Morgan fingerprint density at radius 1 is 0.958 bits per heavy atom. The zero-order valence-corrected chi connectivity index (χ0v) is 14.3. The fourth-order valence-electron chi connectivity index (χ4n) is 2.42. The summed E-state index contributed by atoms with van der Waals surface area (Å²) in [7, 11) is 4.85. The number of methoxy groups -OCH3 is 3. The highest BCUT2D eigenvalue weighted by molar-refractivity contribution is 5.90. The Morgan fingerprint density at radius 2 is 1.75 bits per heavy atom. The van der Waals surface area contributed by atoms with Gasteiger partial charge in [0.1, 0.15) is 0 Å². The predicted molar refractivity (Wildman–Crippen MR) is 93.7 cm³/mol. The summed E-state index contributed by atoms with van der Waals surface area (Å²) in [5, 5.41) is 2.91. The summed E-state index contributed by atoms with van der Waals surface area (Å²) < 4.78 is 15.6. The molecule has 0 fully saturated rings. The van der Waals surface area contributed by atoms with Crippen LogP contribution < -0.4 is 14.8 Å². The zero-order chi connectivity index (χ0) is 17.4. The van der Waals surface area contributed by atoms with Gasteiger partial charge in [0.2, 0.25) is 5.91 Å². The summed E-state index contributed by atoms with van der Waals surface area (Å²) in [5.41, 5.74) is 2.83. The maximum Gasteiger partial charge on any atom is 0.224 e. The van der Waals surface area contributed by atoms with Crippen molar-refractivity contribution in [1.29, 1.82) is 0 Å². The Balaban J connectivity index is 1.92. The van der Waals surface area contributed by atoms with E-state index in [0.29, 0.717) is 30.9 Å². The van der Waals surface area contributed by atoms with Gasteiger partial charge in [-0.05, 0) is 41.8 Å². The molecule has 128 valence electrons. The van der Waals surface area contributed by atoms with E-state index >= 15 is 0 Å². The highest BCUT2D eigenvalue weighted by Gasteiger charge is 2.07. The lowest BCUT2D eigenvalue weighted by Gasteiger charge is -2.10. The van der Waals surface area contributed by atoms with Crippen LogP contribution in [-0.4, -0.2) is 27.2 Å². The van der Waals surface area contributed by atoms with Crippen molar-refractivity contribution < 1.29 is 19.0 Å². The molecule has 0 aliphatic heterocycles. The third-order valence-corrected chi connectivity index (χ3v) is 3.61. The number of carbonyl (C=O) groups excluding carboxylic acids is 1. The molecule has 0 spiro atoms. The quantitative estimate of drug-likeness (QED) is 0.806. The van der Waals surface area contributed by atoms with E-state index in [1.54, 1.807) is 21.3 Å². The molecule has 0 saturated carbocycles. The van der Waals surface area contributed by atoms with Crippen LogP contribution in [0.5, 0.6) is 11.5 Å². The first-order valence-electron chi connectivity index (χ1n) is 7.75. The summed E-state index contributed by atoms with van der Waals surface area (Å²) in [6.07, 6.45) is 1.02. The molecule has 2 aromatic rings. The summed E-state index contributed by atoms with van der Waals surface area (Å²) in [4.78, 5) is 12.1. The van der Waals surface area contributed by atoms with E-state index in [1.165, 1.54) is 0 Å². The van der Waals surface area contributed by atoms with E-state index in [-0.39, 0.29) is 5.91 Å². The number of hydrogen-bond donors (Lipinski definition) is 1. The van der Waals surface area contributed by atoms with Gasteiger partial charge >= 0.3 is 0 Å². The number of hydrogen-bond acceptors (Lipinski definition) is 4. The molecule has 0 aliphatic rings. The molecule has 1 amide bonds. The predicted octanol–water partition coefficient (Wildman–Crippen LogP) is 3.42. The molecular formula is C19H23NO4. The first-order chi connectivity index (χ1) is 11.7. The van der Waals surface area contributed by atoms with Crippen molar-refractivity contribution in [3.63, 3.8) is 0 Å². The SMILES string of the molecule is COCc1cccc(NC(=O)CCc2ccc(OC)c(OC)c2)c1. The van der Waals surface area contributed by atoms with Crippen LogP contribution >= 0.6 is 0 Å². The van der Waals surface area contributed by atoms with Crippen LogP contribution in [0.4, 0.5) is 5.69 Å². The monoisotopic (exact) mass is 329 g/mol. The number of rotatable bonds is 8. The van der Waals surface area contributed by atoms with Crippen LogP contribution in [0.15, 0.2) is 42.5 Å². The largest absolute Gasteiger partial charge is 0.493 e. The highest BCUT2D eigenvalue weighted by Crippen LogP contribution is 2.28. The van der Waals surface area contributed by atoms with Crippen LogP contribution in [0.25, 0.3) is 0 Å². The average molecular weight is 329 g/mol. The average Bonchev–Trinajstić information content (AvgIpc) is 2.60. The van der Waals surface area contributed by atoms with Gasteiger partial charge in [0.15, 0.2) is 11.5 Å². The molecule has 0 bridgehead atoms. The van der Waals surface area contributed by atoms with Gasteiger partial charge in [-0.2, -0.15) is 0 Å². The standard InChI is InChI=1S/C19H23NO4/c1-22-13-15-5-4-6-16(11-15)20-19(21)10-8-14-7-9-17(23-2)18(12-14)24-3/h4-7,9,11-12H,8,10,13H2,1-3H3,(H,20,21). The molecule has 0 aromatic heterocycles. The Labute approximate surface area is 142 Å². The molecule has 0 unspecified atom stereocenters. The fourth-order valence-corrected chi connectivity index (χ4v) is 2.42. The molecule has 5 nitrogen and oxygen atoms in total. The molecule has 0 radical (unpaired) electrons. The van der Waals surface area contributed by atoms with Crippen molar-refractivity contribution in [1.82, 2.24) is 0 Å². The van der Waals surface area contributed by atoms with Crippen LogP contribution in [0.3, 0.4) is 0 Å². The maximum absolute atomic E-state index is 12.1. The van der Waals surface area contributed by atoms with E-state index in [0.717, 1.165) is 16.8 Å². The molecule has 2 aromatic carbocycles. The van der Waals surface area contributed by atoms with Gasteiger partial charge in [0.05, 0.1) is 20.8 Å². The van der Waals surface area contributed by atoms with Crippen molar-refractivity contribution in [2.24, 2.45) is 0 Å². The van der Waals surface area contributed by atoms with Crippen LogP contribution in [0.1, 0.15) is 17.5 Å². The minimum absolute atomic E-state index is 0.0284. The molecule has 24 heavy (non-hydrogen) atoms. The van der Waals surface area contributed by atoms with Crippen LogP contribution in [-0.2, 0) is 22.6 Å². The first-order valence-corrected chi connectivity index (χ1v) is 7.75. The Morgan fingerprint density at radius 3 is 2.46 bits per heavy atom. The molecule has 0 heterocycles. The van der Waals surface area contributed by atoms with E-state index < -0.39 is 0 Å². The number of carbonyl (C=O) groups is 1. The fraction of sp³-hybridized carbons (Fsp3) is 0.316. The number of anilines is 1. The highest BCUT2D eigenvalue weighted by atomic mass is 16.5. The van der Waals surface area contributed by atoms with Crippen molar-refractivity contribution in [2.45, 2.75) is 19.4 Å². The minimum atomic E-state index is -0.0284. The van der Waals surface area contributed by atoms with Gasteiger partial charge in [0, 0.05) is 19.2 Å². The topological polar surface area (TPSA) is 56.8 Å². The third kappa shape index (κ3) is 4.99. The number of ether oxygens (including phenoxy) is 3. The number of aryl methyl sites for hydroxylation is 1. The van der Waals surface area contributed by atoms with Gasteiger partial charge < -0.3 is 19.5 Å². The molecular weight excluding hydrogens is 306 g/mol. The van der Waals surface area contributed by atoms with E-state index in [1.807, 2.05) is 42.5 Å². The lowest BCUT2D eigenvalue weighted by molar-refractivity contribution is -0.116. The zero-order valence-electron chi connectivity index (χ0n) is 14.3. The first kappa shape index (κ1) is 17.8. The summed E-state index contributed by atoms with van der Waals surface area (Å²) in [5.74, 6) is 1.32. The van der Waals surface area contributed by atoms with Crippen LogP contribution in [0, 0.1) is 0 Å². The van der Waals surface area contributed by atoms with Gasteiger partial charge in [-0.1, -0.05) is 18.2 Å². The summed E-state index contributed by atoms with van der Waals surface area (Å²) in [6, 6.07) is 13.3. The van der Waals surface area contributed by atoms with E-state index in [2.05, 4.69) is 5.32 Å². The van der Waals surface area contributed by atoms with Crippen molar-refractivity contribution in [3.05, 3.63) is 53.6 Å². The van der Waals surface area contributed by atoms with Gasteiger partial charge in [0.25, 0.3) is 0 Å². The van der Waals surface area contributed by atoms with Gasteiger partial charge in [-0.3, -0.25) is 4.79 Å². The van der Waals surface area contributed by atoms with E-state index in [9.17, 15) is 4.79 Å². The van der Waals surface area contributed by atoms with Gasteiger partial charge in [-0.25, -0.2) is 0 Å². The lowest BCUT2D eigenvalue weighted by atomic mass is 10.1. The molecule has 0 saturated heterocycles. The maximum atomic E-state index is 12.1. The minimum Gasteiger partial charge on any atom is -0.493 e. The molecule has 1 N–H and O–H groups in total. The Hall–Kier alpha value is -2.53. The smallest absolute Gasteiger partial charge is 0.224 e. The van der Waals surface area contributed by atoms with Crippen molar-refractivity contribution >= 4 is 11.6 Å². The summed E-state index contributed by atoms with van der Waals surface area (Å²) in [6.45, 7) is 0.523. The Bertz CT molecular complexity index is 685. The second kappa shape index (κ2) is 8.93. The van der Waals surface area contributed by atoms with Crippen LogP contribution in [0.2, 0.25) is 0 Å². The van der Waals surface area contributed by atoms with Crippen molar-refractivity contribution in [2.75, 3.05) is 26.6 Å². The number of benzene rings is 2. The lowest BCUT2D eigenvalue weighted by Crippen LogP contribution is -2.12. The van der Waals surface area contributed by atoms with Gasteiger partial charge in [-0.15, -0.1) is 0 Å². The molecule has 2 rings (SSSR count). The Kier molecular flexibility index (Phi) is 6.63.